The summed E-state index contributed by atoms with van der Waals surface area (Å²) in [5, 5.41) is 11.7. The zero-order chi connectivity index (χ0) is 21.6. The Morgan fingerprint density at radius 2 is 1.93 bits per heavy atom. The van der Waals surface area contributed by atoms with E-state index in [2.05, 4.69) is 39.1 Å². The van der Waals surface area contributed by atoms with Crippen LogP contribution in [0.4, 0.5) is 0 Å². The first kappa shape index (κ1) is 21.5. The predicted molar refractivity (Wildman–Crippen MR) is 112 cm³/mol. The van der Waals surface area contributed by atoms with Gasteiger partial charge in [0.25, 0.3) is 0 Å². The van der Waals surface area contributed by atoms with Crippen molar-refractivity contribution in [3.05, 3.63) is 35.1 Å². The summed E-state index contributed by atoms with van der Waals surface area (Å²) in [6.07, 6.45) is 10.1. The molecule has 1 fully saturated rings. The number of carbonyl (C=O) groups excluding carboxylic acids is 2. The third kappa shape index (κ3) is 3.72. The van der Waals surface area contributed by atoms with Crippen LogP contribution in [-0.4, -0.2) is 28.7 Å². The molecule has 0 aromatic heterocycles. The number of hydrogen-bond donors (Lipinski definition) is 2. The molecule has 5 nitrogen and oxygen atoms in total. The largest absolute Gasteiger partial charge is 0.480 e. The Kier molecular flexibility index (Phi) is 5.63. The molecule has 0 saturated heterocycles. The second-order valence-corrected chi connectivity index (χ2v) is 9.72. The van der Waals surface area contributed by atoms with Crippen LogP contribution in [0.15, 0.2) is 35.1 Å². The number of hydrogen-bond acceptors (Lipinski definition) is 4. The Hall–Kier alpha value is -2.17. The minimum absolute atomic E-state index is 0.0581. The van der Waals surface area contributed by atoms with Crippen LogP contribution in [0, 0.1) is 22.7 Å². The van der Waals surface area contributed by atoms with Gasteiger partial charge < -0.3 is 10.4 Å². The minimum atomic E-state index is -1.07. The maximum absolute atomic E-state index is 12.8. The van der Waals surface area contributed by atoms with E-state index in [1.54, 1.807) is 0 Å². The Bertz CT molecular complexity index is 836. The molecule has 0 amide bonds. The molecule has 0 aromatic carbocycles. The highest BCUT2D eigenvalue weighted by atomic mass is 16.4. The van der Waals surface area contributed by atoms with Crippen molar-refractivity contribution in [2.45, 2.75) is 72.8 Å². The summed E-state index contributed by atoms with van der Waals surface area (Å²) in [6.45, 7) is 10.6. The normalized spacial score (nSPS) is 35.8. The van der Waals surface area contributed by atoms with Crippen molar-refractivity contribution in [3.63, 3.8) is 0 Å². The third-order valence-corrected chi connectivity index (χ3v) is 8.07. The van der Waals surface area contributed by atoms with Gasteiger partial charge in [-0.25, -0.2) is 0 Å². The van der Waals surface area contributed by atoms with Gasteiger partial charge in [0, 0.05) is 11.6 Å². The Morgan fingerprint density at radius 3 is 2.59 bits per heavy atom. The van der Waals surface area contributed by atoms with Gasteiger partial charge in [-0.2, -0.15) is 0 Å². The van der Waals surface area contributed by atoms with Crippen LogP contribution in [0.5, 0.6) is 0 Å². The SMILES string of the molecule is CC1=CCC[C@H]2[C@](C)(CC3=CC(=O)C(N[C@@H](C)C(=O)O)=CC3=O)[C@@H](C)CC[C@]12C. The van der Waals surface area contributed by atoms with Gasteiger partial charge >= 0.3 is 5.97 Å². The number of allylic oxidation sites excluding steroid dienone is 5. The number of carboxylic acid groups (broad SMARTS) is 1. The molecular formula is C24H33NO4. The highest BCUT2D eigenvalue weighted by Gasteiger charge is 2.53. The van der Waals surface area contributed by atoms with E-state index in [-0.39, 0.29) is 28.1 Å². The summed E-state index contributed by atoms with van der Waals surface area (Å²) in [5.74, 6) is -0.630. The molecular weight excluding hydrogens is 366 g/mol. The molecule has 0 heterocycles. The second-order valence-electron chi connectivity index (χ2n) is 9.72. The topological polar surface area (TPSA) is 83.5 Å². The van der Waals surface area contributed by atoms with Crippen LogP contribution < -0.4 is 5.32 Å². The van der Waals surface area contributed by atoms with E-state index in [0.29, 0.717) is 23.8 Å². The lowest BCUT2D eigenvalue weighted by atomic mass is 9.46. The molecule has 1 saturated carbocycles. The Balaban J connectivity index is 1.85. The van der Waals surface area contributed by atoms with Crippen LogP contribution >= 0.6 is 0 Å². The van der Waals surface area contributed by atoms with E-state index in [1.165, 1.54) is 31.1 Å². The van der Waals surface area contributed by atoms with Crippen molar-refractivity contribution >= 4 is 17.5 Å². The van der Waals surface area contributed by atoms with E-state index in [1.807, 2.05) is 0 Å². The van der Waals surface area contributed by atoms with Gasteiger partial charge in [-0.1, -0.05) is 32.4 Å². The maximum Gasteiger partial charge on any atom is 0.325 e. The summed E-state index contributed by atoms with van der Waals surface area (Å²) in [5.41, 5.74) is 2.17. The molecule has 3 rings (SSSR count). The molecule has 0 aliphatic heterocycles. The Morgan fingerprint density at radius 1 is 1.24 bits per heavy atom. The number of nitrogens with one attached hydrogen (secondary N) is 1. The molecule has 0 aromatic rings. The standard InChI is InChI=1S/C24H33NO4/c1-14-7-6-8-21-23(14,4)10-9-15(2)24(21,5)13-17-11-20(27)18(12-19(17)26)25-16(3)22(28)29/h7,11-12,15-16,21,25H,6,8-10,13H2,1-5H3,(H,28,29)/t15-,16-,21+,23+,24+/m0/s1. The van der Waals surface area contributed by atoms with Crippen molar-refractivity contribution in [3.8, 4) is 0 Å². The lowest BCUT2D eigenvalue weighted by Gasteiger charge is -2.58. The third-order valence-electron chi connectivity index (χ3n) is 8.07. The molecule has 0 unspecified atom stereocenters. The first-order valence-corrected chi connectivity index (χ1v) is 10.7. The smallest absolute Gasteiger partial charge is 0.325 e. The van der Waals surface area contributed by atoms with Crippen LogP contribution in [0.2, 0.25) is 0 Å². The summed E-state index contributed by atoms with van der Waals surface area (Å²) < 4.78 is 0. The highest BCUT2D eigenvalue weighted by molar-refractivity contribution is 6.19. The summed E-state index contributed by atoms with van der Waals surface area (Å²) >= 11 is 0. The van der Waals surface area contributed by atoms with Crippen LogP contribution in [0.1, 0.15) is 66.7 Å². The van der Waals surface area contributed by atoms with E-state index >= 15 is 0 Å². The van der Waals surface area contributed by atoms with Crippen LogP contribution in [0.25, 0.3) is 0 Å². The zero-order valence-electron chi connectivity index (χ0n) is 18.2. The fraction of sp³-hybridized carbons (Fsp3) is 0.625. The number of aliphatic carboxylic acids is 1. The van der Waals surface area contributed by atoms with Crippen molar-refractivity contribution in [1.29, 1.82) is 0 Å². The van der Waals surface area contributed by atoms with Crippen molar-refractivity contribution in [1.82, 2.24) is 5.32 Å². The van der Waals surface area contributed by atoms with E-state index in [0.717, 1.165) is 19.3 Å². The fourth-order valence-corrected chi connectivity index (χ4v) is 5.77. The summed E-state index contributed by atoms with van der Waals surface area (Å²) in [4.78, 5) is 36.5. The van der Waals surface area contributed by atoms with Crippen molar-refractivity contribution in [2.75, 3.05) is 0 Å². The number of ketones is 2. The van der Waals surface area contributed by atoms with Gasteiger partial charge in [-0.05, 0) is 74.7 Å². The quantitative estimate of drug-likeness (QED) is 0.535. The molecule has 0 spiro atoms. The molecule has 2 N–H and O–H groups in total. The number of carboxylic acids is 1. The first-order chi connectivity index (χ1) is 13.5. The summed E-state index contributed by atoms with van der Waals surface area (Å²) in [7, 11) is 0. The van der Waals surface area contributed by atoms with Gasteiger partial charge in [0.15, 0.2) is 5.78 Å². The van der Waals surface area contributed by atoms with Gasteiger partial charge in [0.1, 0.15) is 6.04 Å². The molecule has 158 valence electrons. The molecule has 3 aliphatic carbocycles. The number of carbonyl (C=O) groups is 3. The second kappa shape index (κ2) is 7.58. The number of fused-ring (bicyclic) bond motifs is 1. The average molecular weight is 400 g/mol. The molecule has 5 heteroatoms. The first-order valence-electron chi connectivity index (χ1n) is 10.7. The van der Waals surface area contributed by atoms with Crippen molar-refractivity contribution < 1.29 is 19.5 Å². The minimum Gasteiger partial charge on any atom is -0.480 e. The van der Waals surface area contributed by atoms with Crippen molar-refractivity contribution in [2.24, 2.45) is 22.7 Å². The monoisotopic (exact) mass is 399 g/mol. The molecule has 29 heavy (non-hydrogen) atoms. The van der Waals surface area contributed by atoms with Crippen LogP contribution in [-0.2, 0) is 14.4 Å². The van der Waals surface area contributed by atoms with E-state index < -0.39 is 12.0 Å². The maximum atomic E-state index is 12.8. The lowest BCUT2D eigenvalue weighted by molar-refractivity contribution is -0.138. The molecule has 5 atom stereocenters. The summed E-state index contributed by atoms with van der Waals surface area (Å²) in [6, 6.07) is -0.929. The predicted octanol–water partition coefficient (Wildman–Crippen LogP) is 4.20. The zero-order valence-corrected chi connectivity index (χ0v) is 18.2. The van der Waals surface area contributed by atoms with E-state index in [9.17, 15) is 14.4 Å². The fourth-order valence-electron chi connectivity index (χ4n) is 5.77. The number of rotatable bonds is 5. The molecule has 0 radical (unpaired) electrons. The Labute approximate surface area is 173 Å². The van der Waals surface area contributed by atoms with Crippen LogP contribution in [0.3, 0.4) is 0 Å². The van der Waals surface area contributed by atoms with Gasteiger partial charge in [0.2, 0.25) is 5.78 Å². The molecule has 0 bridgehead atoms. The van der Waals surface area contributed by atoms with E-state index in [4.69, 9.17) is 5.11 Å². The lowest BCUT2D eigenvalue weighted by Crippen LogP contribution is -2.50. The highest BCUT2D eigenvalue weighted by Crippen LogP contribution is 2.62. The average Bonchev–Trinajstić information content (AvgIpc) is 2.64. The van der Waals surface area contributed by atoms with Gasteiger partial charge in [-0.15, -0.1) is 0 Å². The van der Waals surface area contributed by atoms with Gasteiger partial charge in [0.05, 0.1) is 5.70 Å². The molecule has 3 aliphatic rings. The van der Waals surface area contributed by atoms with Gasteiger partial charge in [-0.3, -0.25) is 14.4 Å².